The Morgan fingerprint density at radius 3 is 2.43 bits per heavy atom. The molecule has 7 heteroatoms. The van der Waals surface area contributed by atoms with Crippen molar-refractivity contribution in [2.75, 3.05) is 0 Å². The second-order valence-corrected chi connectivity index (χ2v) is 8.52. The quantitative estimate of drug-likeness (QED) is 0.782. The third-order valence-corrected chi connectivity index (χ3v) is 6.02. The molecular formula is C21H22N2O4S. The molecule has 0 aliphatic heterocycles. The van der Waals surface area contributed by atoms with E-state index in [1.807, 2.05) is 24.3 Å². The zero-order chi connectivity index (χ0) is 20.1. The summed E-state index contributed by atoms with van der Waals surface area (Å²) in [4.78, 5) is 24.5. The first-order valence-electron chi connectivity index (χ1n) is 9.05. The molecule has 3 rings (SSSR count). The van der Waals surface area contributed by atoms with Gasteiger partial charge in [0.25, 0.3) is 15.9 Å². The van der Waals surface area contributed by atoms with Gasteiger partial charge in [-0.25, -0.2) is 13.1 Å². The number of amides is 2. The lowest BCUT2D eigenvalue weighted by Crippen LogP contribution is -2.39. The highest BCUT2D eigenvalue weighted by atomic mass is 32.2. The van der Waals surface area contributed by atoms with Crippen molar-refractivity contribution in [2.45, 2.75) is 32.2 Å². The Hall–Kier alpha value is -2.93. The number of allylic oxidation sites excluding steroid dienone is 1. The van der Waals surface area contributed by atoms with Gasteiger partial charge >= 0.3 is 0 Å². The molecule has 1 aliphatic carbocycles. The molecule has 2 aromatic rings. The number of carbonyl (C=O) groups is 2. The maximum Gasteiger partial charge on any atom is 0.260 e. The van der Waals surface area contributed by atoms with Crippen LogP contribution in [0.5, 0.6) is 0 Å². The molecule has 6 nitrogen and oxygen atoms in total. The summed E-state index contributed by atoms with van der Waals surface area (Å²) in [5, 5.41) is 2.70. The second-order valence-electron chi connectivity index (χ2n) is 6.78. The summed E-state index contributed by atoms with van der Waals surface area (Å²) in [5.41, 5.74) is 2.42. The van der Waals surface area contributed by atoms with E-state index in [0.29, 0.717) is 18.4 Å². The van der Waals surface area contributed by atoms with Gasteiger partial charge in [-0.2, -0.15) is 0 Å². The van der Waals surface area contributed by atoms with E-state index in [1.165, 1.54) is 0 Å². The number of hydrogen-bond donors (Lipinski definition) is 2. The van der Waals surface area contributed by atoms with Crippen molar-refractivity contribution in [3.05, 3.63) is 76.2 Å². The second kappa shape index (κ2) is 8.39. The Morgan fingerprint density at radius 2 is 1.68 bits per heavy atom. The third-order valence-electron chi connectivity index (χ3n) is 4.51. The lowest BCUT2D eigenvalue weighted by molar-refractivity contribution is -0.119. The summed E-state index contributed by atoms with van der Waals surface area (Å²) >= 11 is 0. The number of benzene rings is 2. The van der Waals surface area contributed by atoms with E-state index in [1.54, 1.807) is 43.3 Å². The minimum atomic E-state index is -3.90. The van der Waals surface area contributed by atoms with Crippen LogP contribution in [0.2, 0.25) is 0 Å². The topological polar surface area (TPSA) is 92.3 Å². The van der Waals surface area contributed by atoms with Crippen LogP contribution in [0.1, 0.15) is 41.3 Å². The molecule has 1 aliphatic rings. The van der Waals surface area contributed by atoms with Gasteiger partial charge in [-0.3, -0.25) is 9.59 Å². The molecule has 2 aromatic carbocycles. The van der Waals surface area contributed by atoms with Crippen LogP contribution in [0, 0.1) is 0 Å². The summed E-state index contributed by atoms with van der Waals surface area (Å²) in [6, 6.07) is 15.7. The molecule has 0 spiro atoms. The molecule has 28 heavy (non-hydrogen) atoms. The van der Waals surface area contributed by atoms with Gasteiger partial charge in [0.2, 0.25) is 5.91 Å². The smallest absolute Gasteiger partial charge is 0.260 e. The van der Waals surface area contributed by atoms with Crippen molar-refractivity contribution in [3.8, 4) is 0 Å². The van der Waals surface area contributed by atoms with Gasteiger partial charge in [0, 0.05) is 18.0 Å². The van der Waals surface area contributed by atoms with E-state index < -0.39 is 22.0 Å². The van der Waals surface area contributed by atoms with Crippen molar-refractivity contribution < 1.29 is 18.0 Å². The van der Waals surface area contributed by atoms with Gasteiger partial charge in [-0.05, 0) is 49.1 Å². The number of fused-ring (bicyclic) bond motifs is 1. The van der Waals surface area contributed by atoms with Crippen LogP contribution >= 0.6 is 0 Å². The normalized spacial score (nSPS) is 14.4. The molecule has 1 atom stereocenters. The maximum absolute atomic E-state index is 12.5. The molecule has 0 aromatic heterocycles. The fourth-order valence-corrected chi connectivity index (χ4v) is 4.27. The van der Waals surface area contributed by atoms with Gasteiger partial charge in [0.15, 0.2) is 0 Å². The Bertz CT molecular complexity index is 1010. The number of hydrogen-bond acceptors (Lipinski definition) is 4. The Balaban J connectivity index is 1.59. The fourth-order valence-electron chi connectivity index (χ4n) is 3.10. The molecule has 0 saturated heterocycles. The Kier molecular flexibility index (Phi) is 5.94. The summed E-state index contributed by atoms with van der Waals surface area (Å²) < 4.78 is 27.2. The average molecular weight is 398 g/mol. The lowest BCUT2D eigenvalue weighted by atomic mass is 9.98. The first-order chi connectivity index (χ1) is 13.3. The van der Waals surface area contributed by atoms with Crippen molar-refractivity contribution in [3.63, 3.8) is 0 Å². The number of nitrogens with one attached hydrogen (secondary N) is 2. The molecule has 2 amide bonds. The van der Waals surface area contributed by atoms with Crippen LogP contribution in [0.15, 0.2) is 59.5 Å². The molecule has 0 saturated carbocycles. The highest BCUT2D eigenvalue weighted by Crippen LogP contribution is 2.26. The van der Waals surface area contributed by atoms with Crippen molar-refractivity contribution >= 4 is 27.9 Å². The minimum Gasteiger partial charge on any atom is -0.349 e. The predicted octanol–water partition coefficient (Wildman–Crippen LogP) is 2.63. The zero-order valence-electron chi connectivity index (χ0n) is 15.5. The van der Waals surface area contributed by atoms with Crippen LogP contribution < -0.4 is 10.0 Å². The summed E-state index contributed by atoms with van der Waals surface area (Å²) in [6.07, 6.45) is 2.43. The molecule has 0 heterocycles. The largest absolute Gasteiger partial charge is 0.349 e. The van der Waals surface area contributed by atoms with E-state index >= 15 is 0 Å². The van der Waals surface area contributed by atoms with E-state index in [-0.39, 0.29) is 17.2 Å². The van der Waals surface area contributed by atoms with Crippen LogP contribution in [-0.2, 0) is 21.2 Å². The minimum absolute atomic E-state index is 0.137. The third kappa shape index (κ3) is 4.86. The van der Waals surface area contributed by atoms with E-state index in [9.17, 15) is 18.0 Å². The number of sulfonamides is 1. The van der Waals surface area contributed by atoms with Gasteiger partial charge in [-0.15, -0.1) is 0 Å². The van der Waals surface area contributed by atoms with E-state index in [4.69, 9.17) is 0 Å². The van der Waals surface area contributed by atoms with Gasteiger partial charge in [0.05, 0.1) is 4.91 Å². The standard InChI is InChI=1S/C21H22N2O4S/c1-15(22-21(25)17-8-3-2-4-9-17)13-20(24)23-28(26,27)19-12-11-16-7-5-6-10-18(16)14-19/h2-10,14-15H,11-13H2,1H3,(H,22,25)(H,23,24). The van der Waals surface area contributed by atoms with Crippen molar-refractivity contribution in [2.24, 2.45) is 0 Å². The molecule has 0 fully saturated rings. The zero-order valence-corrected chi connectivity index (χ0v) is 16.3. The molecule has 1 unspecified atom stereocenters. The first kappa shape index (κ1) is 19.8. The highest BCUT2D eigenvalue weighted by molar-refractivity contribution is 7.94. The Morgan fingerprint density at radius 1 is 1.00 bits per heavy atom. The van der Waals surface area contributed by atoms with Crippen LogP contribution in [0.25, 0.3) is 6.08 Å². The summed E-state index contributed by atoms with van der Waals surface area (Å²) in [7, 11) is -3.90. The van der Waals surface area contributed by atoms with E-state index in [0.717, 1.165) is 11.1 Å². The molecule has 146 valence electrons. The van der Waals surface area contributed by atoms with Gasteiger partial charge in [0.1, 0.15) is 0 Å². The first-order valence-corrected chi connectivity index (χ1v) is 10.5. The number of rotatable bonds is 6. The highest BCUT2D eigenvalue weighted by Gasteiger charge is 2.24. The van der Waals surface area contributed by atoms with E-state index in [2.05, 4.69) is 10.0 Å². The lowest BCUT2D eigenvalue weighted by Gasteiger charge is -2.18. The molecule has 0 bridgehead atoms. The fraction of sp³-hybridized carbons (Fsp3) is 0.238. The monoisotopic (exact) mass is 398 g/mol. The van der Waals surface area contributed by atoms with Gasteiger partial charge in [-0.1, -0.05) is 42.5 Å². The number of aryl methyl sites for hydroxylation is 1. The summed E-state index contributed by atoms with van der Waals surface area (Å²) in [6.45, 7) is 1.66. The number of carbonyl (C=O) groups excluding carboxylic acids is 2. The van der Waals surface area contributed by atoms with Crippen molar-refractivity contribution in [1.82, 2.24) is 10.0 Å². The summed E-state index contributed by atoms with van der Waals surface area (Å²) in [5.74, 6) is -0.962. The molecular weight excluding hydrogens is 376 g/mol. The van der Waals surface area contributed by atoms with Crippen LogP contribution in [0.3, 0.4) is 0 Å². The SMILES string of the molecule is CC(CC(=O)NS(=O)(=O)C1=Cc2ccccc2CC1)NC(=O)c1ccccc1. The molecule has 0 radical (unpaired) electrons. The maximum atomic E-state index is 12.5. The van der Waals surface area contributed by atoms with Crippen molar-refractivity contribution in [1.29, 1.82) is 0 Å². The van der Waals surface area contributed by atoms with Crippen LogP contribution in [0.4, 0.5) is 0 Å². The Labute approximate surface area is 164 Å². The predicted molar refractivity (Wildman–Crippen MR) is 108 cm³/mol. The average Bonchev–Trinajstić information content (AvgIpc) is 2.67. The van der Waals surface area contributed by atoms with Gasteiger partial charge < -0.3 is 5.32 Å². The molecule has 2 N–H and O–H groups in total. The van der Waals surface area contributed by atoms with Crippen LogP contribution in [-0.4, -0.2) is 26.3 Å².